The molecule has 1 aromatic rings. The van der Waals surface area contributed by atoms with Crippen molar-refractivity contribution in [3.8, 4) is 0 Å². The Bertz CT molecular complexity index is 406. The van der Waals surface area contributed by atoms with Gasteiger partial charge in [-0.3, -0.25) is 4.79 Å². The van der Waals surface area contributed by atoms with Crippen LogP contribution in [-0.2, 0) is 0 Å². The number of hydrogen-bond acceptors (Lipinski definition) is 2. The summed E-state index contributed by atoms with van der Waals surface area (Å²) in [4.78, 5) is 13.8. The average Bonchev–Trinajstić information content (AvgIpc) is 2.55. The maximum absolute atomic E-state index is 12.2. The second-order valence-corrected chi connectivity index (χ2v) is 6.89. The topological polar surface area (TPSA) is 20.3 Å². The molecule has 1 aromatic heterocycles. The van der Waals surface area contributed by atoms with Crippen molar-refractivity contribution in [2.24, 2.45) is 0 Å². The SMILES string of the molecule is CN(C(=O)c1cc(Cl)sc1Cl)C(C)(C)CBr. The molecule has 0 radical (unpaired) electrons. The van der Waals surface area contributed by atoms with Crippen molar-refractivity contribution in [1.82, 2.24) is 4.90 Å². The highest BCUT2D eigenvalue weighted by atomic mass is 79.9. The maximum atomic E-state index is 12.2. The molecule has 0 saturated heterocycles. The first-order chi connectivity index (χ1) is 7.29. The lowest BCUT2D eigenvalue weighted by molar-refractivity contribution is 0.0664. The van der Waals surface area contributed by atoms with E-state index >= 15 is 0 Å². The zero-order valence-corrected chi connectivity index (χ0v) is 13.1. The van der Waals surface area contributed by atoms with E-state index < -0.39 is 0 Å². The van der Waals surface area contributed by atoms with Gasteiger partial charge >= 0.3 is 0 Å². The van der Waals surface area contributed by atoms with Gasteiger partial charge < -0.3 is 4.90 Å². The highest BCUT2D eigenvalue weighted by Crippen LogP contribution is 2.32. The number of alkyl halides is 1. The molecule has 0 saturated carbocycles. The maximum Gasteiger partial charge on any atom is 0.256 e. The second-order valence-electron chi connectivity index (χ2n) is 4.05. The lowest BCUT2D eigenvalue weighted by atomic mass is 10.1. The van der Waals surface area contributed by atoms with Crippen LogP contribution in [0.25, 0.3) is 0 Å². The summed E-state index contributed by atoms with van der Waals surface area (Å²) < 4.78 is 0.964. The van der Waals surface area contributed by atoms with Crippen molar-refractivity contribution in [2.75, 3.05) is 12.4 Å². The van der Waals surface area contributed by atoms with Gasteiger partial charge in [0.15, 0.2) is 0 Å². The molecule has 1 heterocycles. The second kappa shape index (κ2) is 5.25. The molecule has 0 aliphatic rings. The molecule has 6 heteroatoms. The molecule has 0 bridgehead atoms. The predicted molar refractivity (Wildman–Crippen MR) is 74.3 cm³/mol. The Balaban J connectivity index is 2.99. The van der Waals surface area contributed by atoms with Crippen molar-refractivity contribution in [1.29, 1.82) is 0 Å². The fourth-order valence-corrected chi connectivity index (χ4v) is 2.86. The Morgan fingerprint density at radius 3 is 2.50 bits per heavy atom. The summed E-state index contributed by atoms with van der Waals surface area (Å²) in [6.07, 6.45) is 0. The van der Waals surface area contributed by atoms with Crippen LogP contribution in [0.2, 0.25) is 8.67 Å². The summed E-state index contributed by atoms with van der Waals surface area (Å²) in [5, 5.41) is 0.692. The molecule has 0 aliphatic carbocycles. The van der Waals surface area contributed by atoms with Gasteiger partial charge in [0.25, 0.3) is 5.91 Å². The van der Waals surface area contributed by atoms with Crippen LogP contribution in [0.5, 0.6) is 0 Å². The first-order valence-corrected chi connectivity index (χ1v) is 7.28. The zero-order valence-electron chi connectivity index (χ0n) is 9.18. The number of amides is 1. The lowest BCUT2D eigenvalue weighted by Gasteiger charge is -2.34. The van der Waals surface area contributed by atoms with Crippen LogP contribution in [0, 0.1) is 0 Å². The van der Waals surface area contributed by atoms with Crippen molar-refractivity contribution in [3.63, 3.8) is 0 Å². The Kier molecular flexibility index (Phi) is 4.69. The third-order valence-corrected chi connectivity index (χ3v) is 5.29. The van der Waals surface area contributed by atoms with Gasteiger partial charge in [-0.05, 0) is 19.9 Å². The number of carbonyl (C=O) groups excluding carboxylic acids is 1. The minimum Gasteiger partial charge on any atom is -0.336 e. The van der Waals surface area contributed by atoms with Crippen LogP contribution in [0.1, 0.15) is 24.2 Å². The predicted octanol–water partition coefficient (Wildman–Crippen LogP) is 4.30. The van der Waals surface area contributed by atoms with Crippen molar-refractivity contribution in [2.45, 2.75) is 19.4 Å². The first-order valence-electron chi connectivity index (χ1n) is 4.58. The molecular weight excluding hydrogens is 333 g/mol. The molecule has 0 N–H and O–H groups in total. The molecule has 0 aliphatic heterocycles. The van der Waals surface area contributed by atoms with Crippen LogP contribution in [0.15, 0.2) is 6.07 Å². The molecule has 1 rings (SSSR count). The fraction of sp³-hybridized carbons (Fsp3) is 0.500. The molecule has 2 nitrogen and oxygen atoms in total. The molecule has 0 atom stereocenters. The molecule has 16 heavy (non-hydrogen) atoms. The number of nitrogens with zero attached hydrogens (tertiary/aromatic N) is 1. The molecule has 1 amide bonds. The molecule has 90 valence electrons. The van der Waals surface area contributed by atoms with E-state index in [1.54, 1.807) is 18.0 Å². The summed E-state index contributed by atoms with van der Waals surface area (Å²) in [6, 6.07) is 1.61. The van der Waals surface area contributed by atoms with Crippen LogP contribution < -0.4 is 0 Å². The summed E-state index contributed by atoms with van der Waals surface area (Å²) in [5.74, 6) is -0.113. The normalized spacial score (nSPS) is 11.6. The van der Waals surface area contributed by atoms with E-state index in [9.17, 15) is 4.79 Å². The van der Waals surface area contributed by atoms with Crippen molar-refractivity contribution >= 4 is 56.4 Å². The minimum absolute atomic E-state index is 0.113. The van der Waals surface area contributed by atoms with Crippen LogP contribution >= 0.6 is 50.5 Å². The van der Waals surface area contributed by atoms with Crippen LogP contribution in [-0.4, -0.2) is 28.7 Å². The summed E-state index contributed by atoms with van der Waals surface area (Å²) >= 11 is 16.4. The van der Waals surface area contributed by atoms with Gasteiger partial charge in [-0.1, -0.05) is 39.1 Å². The van der Waals surface area contributed by atoms with Gasteiger partial charge in [0.05, 0.1) is 9.90 Å². The molecular formula is C10H12BrCl2NOS. The van der Waals surface area contributed by atoms with E-state index in [1.165, 1.54) is 11.3 Å². The molecule has 0 unspecified atom stereocenters. The minimum atomic E-state index is -0.269. The monoisotopic (exact) mass is 343 g/mol. The summed E-state index contributed by atoms with van der Waals surface area (Å²) in [5.41, 5.74) is 0.197. The number of thiophene rings is 1. The van der Waals surface area contributed by atoms with Crippen LogP contribution in [0.3, 0.4) is 0 Å². The van der Waals surface area contributed by atoms with Crippen LogP contribution in [0.4, 0.5) is 0 Å². The zero-order chi connectivity index (χ0) is 12.5. The Labute approximate surface area is 118 Å². The van der Waals surface area contributed by atoms with Gasteiger partial charge in [0.2, 0.25) is 0 Å². The molecule has 0 aromatic carbocycles. The van der Waals surface area contributed by atoms with Gasteiger partial charge in [-0.2, -0.15) is 0 Å². The Morgan fingerprint density at radius 2 is 2.12 bits per heavy atom. The standard InChI is InChI=1S/C10H12BrCl2NOS/c1-10(2,5-11)14(3)9(15)6-4-7(12)16-8(6)13/h4H,5H2,1-3H3. The summed E-state index contributed by atoms with van der Waals surface area (Å²) in [7, 11) is 1.76. The van der Waals surface area contributed by atoms with E-state index in [4.69, 9.17) is 23.2 Å². The van der Waals surface area contributed by atoms with Gasteiger partial charge in [0.1, 0.15) is 4.34 Å². The molecule has 0 spiro atoms. The van der Waals surface area contributed by atoms with Crippen molar-refractivity contribution < 1.29 is 4.79 Å². The van der Waals surface area contributed by atoms with E-state index in [2.05, 4.69) is 15.9 Å². The number of rotatable bonds is 3. The van der Waals surface area contributed by atoms with Gasteiger partial charge in [-0.15, -0.1) is 11.3 Å². The van der Waals surface area contributed by atoms with E-state index in [1.807, 2.05) is 13.8 Å². The average molecular weight is 345 g/mol. The first kappa shape index (κ1) is 14.3. The Hall–Kier alpha value is 0.230. The number of hydrogen-bond donors (Lipinski definition) is 0. The molecule has 0 fully saturated rings. The summed E-state index contributed by atoms with van der Waals surface area (Å²) in [6.45, 7) is 3.95. The fourth-order valence-electron chi connectivity index (χ4n) is 1.03. The van der Waals surface area contributed by atoms with E-state index in [-0.39, 0.29) is 11.4 Å². The highest BCUT2D eigenvalue weighted by molar-refractivity contribution is 9.09. The largest absolute Gasteiger partial charge is 0.336 e. The number of carbonyl (C=O) groups is 1. The van der Waals surface area contributed by atoms with Gasteiger partial charge in [-0.25, -0.2) is 0 Å². The quantitative estimate of drug-likeness (QED) is 0.748. The van der Waals surface area contributed by atoms with E-state index in [0.29, 0.717) is 19.6 Å². The highest BCUT2D eigenvalue weighted by Gasteiger charge is 2.29. The van der Waals surface area contributed by atoms with E-state index in [0.717, 1.165) is 0 Å². The van der Waals surface area contributed by atoms with Gasteiger partial charge in [0, 0.05) is 17.9 Å². The smallest absolute Gasteiger partial charge is 0.256 e. The Morgan fingerprint density at radius 1 is 1.56 bits per heavy atom. The third kappa shape index (κ3) is 2.92. The third-order valence-electron chi connectivity index (χ3n) is 2.43. The van der Waals surface area contributed by atoms with Crippen molar-refractivity contribution in [3.05, 3.63) is 20.3 Å². The number of halogens is 3. The lowest BCUT2D eigenvalue weighted by Crippen LogP contribution is -2.46.